The molecule has 4 heteroatoms. The third-order valence-corrected chi connectivity index (χ3v) is 5.12. The van der Waals surface area contributed by atoms with Gasteiger partial charge in [0, 0.05) is 10.7 Å². The summed E-state index contributed by atoms with van der Waals surface area (Å²) in [7, 11) is 2.06. The number of hydrogen-bond acceptors (Lipinski definition) is 2. The second-order valence-corrected chi connectivity index (χ2v) is 6.53. The molecule has 11 heavy (non-hydrogen) atoms. The minimum absolute atomic E-state index is 0.126. The van der Waals surface area contributed by atoms with E-state index < -0.39 is 9.05 Å². The minimum Gasteiger partial charge on any atom is -0.212 e. The maximum atomic E-state index is 11.1. The Morgan fingerprint density at radius 3 is 2.27 bits per heavy atom. The van der Waals surface area contributed by atoms with Crippen molar-refractivity contribution < 1.29 is 8.42 Å². The van der Waals surface area contributed by atoms with E-state index in [-0.39, 0.29) is 10.7 Å². The van der Waals surface area contributed by atoms with Crippen LogP contribution in [0.3, 0.4) is 0 Å². The largest absolute Gasteiger partial charge is 0.235 e. The average molecular weight is 195 g/mol. The molecule has 64 valence electrons. The fourth-order valence-electron chi connectivity index (χ4n) is 2.28. The molecule has 1 spiro atoms. The summed E-state index contributed by atoms with van der Waals surface area (Å²) in [5, 5.41) is -0.225. The number of hydrogen-bond donors (Lipinski definition) is 0. The molecule has 0 bridgehead atoms. The Kier molecular flexibility index (Phi) is 1.53. The van der Waals surface area contributed by atoms with Gasteiger partial charge < -0.3 is 0 Å². The van der Waals surface area contributed by atoms with Crippen LogP contribution in [0.1, 0.15) is 32.1 Å². The molecular weight excluding hydrogens is 184 g/mol. The third kappa shape index (κ3) is 1.18. The zero-order chi connectivity index (χ0) is 8.11. The van der Waals surface area contributed by atoms with E-state index in [9.17, 15) is 8.42 Å². The molecule has 0 aromatic rings. The van der Waals surface area contributed by atoms with Crippen molar-refractivity contribution in [3.63, 3.8) is 0 Å². The highest BCUT2D eigenvalue weighted by atomic mass is 35.7. The average Bonchev–Trinajstić information content (AvgIpc) is 2.38. The Labute approximate surface area is 71.3 Å². The molecule has 2 saturated carbocycles. The van der Waals surface area contributed by atoms with E-state index in [0.717, 1.165) is 32.1 Å². The summed E-state index contributed by atoms with van der Waals surface area (Å²) in [6, 6.07) is 0. The van der Waals surface area contributed by atoms with Crippen LogP contribution in [0.25, 0.3) is 0 Å². The van der Waals surface area contributed by atoms with E-state index in [1.807, 2.05) is 0 Å². The zero-order valence-corrected chi connectivity index (χ0v) is 7.79. The van der Waals surface area contributed by atoms with Crippen LogP contribution >= 0.6 is 10.7 Å². The van der Waals surface area contributed by atoms with Crippen molar-refractivity contribution in [1.82, 2.24) is 0 Å². The van der Waals surface area contributed by atoms with Crippen molar-refractivity contribution in [2.75, 3.05) is 0 Å². The van der Waals surface area contributed by atoms with Gasteiger partial charge in [0.15, 0.2) is 0 Å². The van der Waals surface area contributed by atoms with E-state index in [1.165, 1.54) is 0 Å². The van der Waals surface area contributed by atoms with Crippen molar-refractivity contribution in [3.05, 3.63) is 0 Å². The third-order valence-electron chi connectivity index (χ3n) is 3.06. The lowest BCUT2D eigenvalue weighted by atomic mass is 10.1. The van der Waals surface area contributed by atoms with E-state index >= 15 is 0 Å². The lowest BCUT2D eigenvalue weighted by Crippen LogP contribution is -2.21. The van der Waals surface area contributed by atoms with Gasteiger partial charge in [-0.1, -0.05) is 6.42 Å². The van der Waals surface area contributed by atoms with Gasteiger partial charge in [0.05, 0.1) is 5.25 Å². The summed E-state index contributed by atoms with van der Waals surface area (Å²) >= 11 is 0. The molecule has 1 atom stereocenters. The first-order valence-electron chi connectivity index (χ1n) is 3.98. The maximum Gasteiger partial charge on any atom is 0.235 e. The molecule has 2 rings (SSSR count). The van der Waals surface area contributed by atoms with Crippen molar-refractivity contribution in [2.24, 2.45) is 5.41 Å². The summed E-state index contributed by atoms with van der Waals surface area (Å²) < 4.78 is 22.1. The van der Waals surface area contributed by atoms with Crippen LogP contribution in [0.15, 0.2) is 0 Å². The molecule has 0 radical (unpaired) electrons. The molecule has 0 saturated heterocycles. The van der Waals surface area contributed by atoms with E-state index in [4.69, 9.17) is 10.7 Å². The van der Waals surface area contributed by atoms with Gasteiger partial charge in [0.2, 0.25) is 9.05 Å². The highest BCUT2D eigenvalue weighted by Crippen LogP contribution is 2.60. The van der Waals surface area contributed by atoms with Crippen molar-refractivity contribution >= 4 is 19.7 Å². The highest BCUT2D eigenvalue weighted by molar-refractivity contribution is 8.14. The van der Waals surface area contributed by atoms with Gasteiger partial charge in [0.25, 0.3) is 0 Å². The molecular formula is C7H11ClO2S. The second kappa shape index (κ2) is 2.13. The summed E-state index contributed by atoms with van der Waals surface area (Å²) in [4.78, 5) is 0. The molecule has 0 aromatic heterocycles. The first kappa shape index (κ1) is 7.87. The maximum absolute atomic E-state index is 11.1. The molecule has 2 nitrogen and oxygen atoms in total. The molecule has 2 aliphatic rings. The molecule has 2 aliphatic carbocycles. The summed E-state index contributed by atoms with van der Waals surface area (Å²) in [5.41, 5.74) is 0.126. The van der Waals surface area contributed by atoms with Crippen LogP contribution in [0.2, 0.25) is 0 Å². The van der Waals surface area contributed by atoms with E-state index in [1.54, 1.807) is 0 Å². The monoisotopic (exact) mass is 194 g/mol. The van der Waals surface area contributed by atoms with Crippen LogP contribution in [0, 0.1) is 5.41 Å². The lowest BCUT2D eigenvalue weighted by molar-refractivity contribution is 0.513. The van der Waals surface area contributed by atoms with Crippen LogP contribution < -0.4 is 0 Å². The molecule has 0 amide bonds. The fraction of sp³-hybridized carbons (Fsp3) is 1.00. The Hall–Kier alpha value is 0.240. The minimum atomic E-state index is -3.28. The topological polar surface area (TPSA) is 34.1 Å². The van der Waals surface area contributed by atoms with Crippen molar-refractivity contribution in [3.8, 4) is 0 Å². The summed E-state index contributed by atoms with van der Waals surface area (Å²) in [5.74, 6) is 0. The van der Waals surface area contributed by atoms with Crippen molar-refractivity contribution in [1.29, 1.82) is 0 Å². The van der Waals surface area contributed by atoms with Crippen molar-refractivity contribution in [2.45, 2.75) is 37.4 Å². The Morgan fingerprint density at radius 1 is 1.27 bits per heavy atom. The van der Waals surface area contributed by atoms with Gasteiger partial charge in [-0.2, -0.15) is 0 Å². The van der Waals surface area contributed by atoms with Gasteiger partial charge in [0.1, 0.15) is 0 Å². The van der Waals surface area contributed by atoms with Crippen LogP contribution in [0.4, 0.5) is 0 Å². The Bertz CT molecular complexity index is 266. The molecule has 2 fully saturated rings. The SMILES string of the molecule is O=S(=O)(Cl)C1CCCC12CC2. The lowest BCUT2D eigenvalue weighted by Gasteiger charge is -2.13. The predicted octanol–water partition coefficient (Wildman–Crippen LogP) is 1.89. The fourth-order valence-corrected chi connectivity index (χ4v) is 4.51. The molecule has 0 N–H and O–H groups in total. The van der Waals surface area contributed by atoms with Crippen LogP contribution in [0.5, 0.6) is 0 Å². The molecule has 0 heterocycles. The Morgan fingerprint density at radius 2 is 1.91 bits per heavy atom. The van der Waals surface area contributed by atoms with Gasteiger partial charge >= 0.3 is 0 Å². The predicted molar refractivity (Wildman–Crippen MR) is 44.1 cm³/mol. The van der Waals surface area contributed by atoms with Crippen LogP contribution in [-0.2, 0) is 9.05 Å². The molecule has 0 aliphatic heterocycles. The van der Waals surface area contributed by atoms with E-state index in [0.29, 0.717) is 0 Å². The molecule has 1 unspecified atom stereocenters. The van der Waals surface area contributed by atoms with Gasteiger partial charge in [-0.05, 0) is 31.1 Å². The quantitative estimate of drug-likeness (QED) is 0.598. The highest BCUT2D eigenvalue weighted by Gasteiger charge is 2.56. The number of rotatable bonds is 1. The standard InChI is InChI=1S/C7H11ClO2S/c8-11(9,10)6-2-1-3-7(6)4-5-7/h6H,1-5H2. The van der Waals surface area contributed by atoms with Gasteiger partial charge in [-0.3, -0.25) is 0 Å². The van der Waals surface area contributed by atoms with Gasteiger partial charge in [-0.15, -0.1) is 0 Å². The Balaban J connectivity index is 2.27. The van der Waals surface area contributed by atoms with Gasteiger partial charge in [-0.25, -0.2) is 8.42 Å². The molecule has 0 aromatic carbocycles. The smallest absolute Gasteiger partial charge is 0.212 e. The normalized spacial score (nSPS) is 34.5. The second-order valence-electron chi connectivity index (χ2n) is 3.72. The van der Waals surface area contributed by atoms with Crippen LogP contribution in [-0.4, -0.2) is 13.7 Å². The number of halogens is 1. The summed E-state index contributed by atoms with van der Waals surface area (Å²) in [6.07, 6.45) is 5.04. The summed E-state index contributed by atoms with van der Waals surface area (Å²) in [6.45, 7) is 0. The first-order chi connectivity index (χ1) is 5.05. The zero-order valence-electron chi connectivity index (χ0n) is 6.22. The van der Waals surface area contributed by atoms with E-state index in [2.05, 4.69) is 0 Å². The first-order valence-corrected chi connectivity index (χ1v) is 6.35.